The van der Waals surface area contributed by atoms with Crippen LogP contribution in [0.25, 0.3) is 0 Å². The number of para-hydroxylation sites is 1. The summed E-state index contributed by atoms with van der Waals surface area (Å²) in [6.45, 7) is 2.28. The van der Waals surface area contributed by atoms with Gasteiger partial charge in [-0.25, -0.2) is 13.1 Å². The van der Waals surface area contributed by atoms with Crippen LogP contribution in [0.2, 0.25) is 0 Å². The number of benzene rings is 1. The van der Waals surface area contributed by atoms with E-state index in [1.54, 1.807) is 18.2 Å². The van der Waals surface area contributed by atoms with Gasteiger partial charge in [0, 0.05) is 6.54 Å². The van der Waals surface area contributed by atoms with Crippen molar-refractivity contribution in [3.05, 3.63) is 36.4 Å². The number of hydrogen-bond acceptors (Lipinski definition) is 3. The Labute approximate surface area is 102 Å². The molecule has 94 valence electrons. The highest BCUT2D eigenvalue weighted by Gasteiger charge is 2.17. The van der Waals surface area contributed by atoms with Crippen LogP contribution in [0, 0.1) is 0 Å². The summed E-state index contributed by atoms with van der Waals surface area (Å²) in [5.41, 5.74) is 0. The van der Waals surface area contributed by atoms with Crippen LogP contribution in [0.1, 0.15) is 13.3 Å². The summed E-state index contributed by atoms with van der Waals surface area (Å²) in [6, 6.07) is 6.55. The number of nitrogens with one attached hydrogen (secondary N) is 1. The van der Waals surface area contributed by atoms with Crippen LogP contribution in [0.15, 0.2) is 41.3 Å². The van der Waals surface area contributed by atoms with Gasteiger partial charge in [0.25, 0.3) is 0 Å². The summed E-state index contributed by atoms with van der Waals surface area (Å²) in [4.78, 5) is 0.169. The van der Waals surface area contributed by atoms with Gasteiger partial charge >= 0.3 is 0 Å². The van der Waals surface area contributed by atoms with E-state index >= 15 is 0 Å². The molecule has 0 heterocycles. The molecule has 1 rings (SSSR count). The Balaban J connectivity index is 2.82. The smallest absolute Gasteiger partial charge is 0.244 e. The first-order chi connectivity index (χ1) is 8.11. The minimum absolute atomic E-state index is 0.169. The summed E-state index contributed by atoms with van der Waals surface area (Å²) in [5.74, 6) is 0.353. The van der Waals surface area contributed by atoms with Gasteiger partial charge in [-0.2, -0.15) is 0 Å². The fourth-order valence-electron chi connectivity index (χ4n) is 1.36. The number of methoxy groups -OCH3 is 1. The number of sulfonamides is 1. The molecule has 1 aromatic rings. The third kappa shape index (κ3) is 3.87. The zero-order chi connectivity index (χ0) is 12.7. The number of ether oxygens (including phenoxy) is 1. The van der Waals surface area contributed by atoms with E-state index in [4.69, 9.17) is 4.74 Å². The largest absolute Gasteiger partial charge is 0.495 e. The van der Waals surface area contributed by atoms with Crippen molar-refractivity contribution < 1.29 is 13.2 Å². The van der Waals surface area contributed by atoms with Crippen molar-refractivity contribution in [2.45, 2.75) is 18.2 Å². The van der Waals surface area contributed by atoms with E-state index in [9.17, 15) is 8.42 Å². The standard InChI is InChI=1S/C12H17NO3S/c1-3-4-7-10-13-17(14,15)12-9-6-5-8-11(12)16-2/h3-6,8-9,13H,7,10H2,1-2H3/b4-3+. The molecule has 0 aromatic heterocycles. The molecule has 0 amide bonds. The molecule has 0 atom stereocenters. The lowest BCUT2D eigenvalue weighted by molar-refractivity contribution is 0.402. The van der Waals surface area contributed by atoms with Crippen molar-refractivity contribution in [1.82, 2.24) is 4.72 Å². The topological polar surface area (TPSA) is 55.4 Å². The van der Waals surface area contributed by atoms with Crippen LogP contribution < -0.4 is 9.46 Å². The van der Waals surface area contributed by atoms with Gasteiger partial charge in [-0.15, -0.1) is 0 Å². The molecular weight excluding hydrogens is 238 g/mol. The summed E-state index contributed by atoms with van der Waals surface area (Å²) in [7, 11) is -2.04. The maximum absolute atomic E-state index is 12.0. The second-order valence-electron chi connectivity index (χ2n) is 3.41. The zero-order valence-electron chi connectivity index (χ0n) is 10.0. The van der Waals surface area contributed by atoms with E-state index in [0.29, 0.717) is 18.7 Å². The van der Waals surface area contributed by atoms with Crippen LogP contribution in [0.3, 0.4) is 0 Å². The monoisotopic (exact) mass is 255 g/mol. The molecule has 1 N–H and O–H groups in total. The molecule has 0 saturated carbocycles. The van der Waals surface area contributed by atoms with Crippen LogP contribution >= 0.6 is 0 Å². The maximum atomic E-state index is 12.0. The fourth-order valence-corrected chi connectivity index (χ4v) is 2.58. The average Bonchev–Trinajstić information content (AvgIpc) is 2.34. The lowest BCUT2D eigenvalue weighted by Gasteiger charge is -2.09. The van der Waals surface area contributed by atoms with Gasteiger partial charge in [0.15, 0.2) is 0 Å². The van der Waals surface area contributed by atoms with E-state index < -0.39 is 10.0 Å². The summed E-state index contributed by atoms with van der Waals surface area (Å²) in [6.07, 6.45) is 4.47. The molecule has 0 fully saturated rings. The van der Waals surface area contributed by atoms with Gasteiger partial charge in [0.05, 0.1) is 7.11 Å². The molecular formula is C12H17NO3S. The van der Waals surface area contributed by atoms with Crippen LogP contribution in [0.5, 0.6) is 5.75 Å². The number of hydrogen-bond donors (Lipinski definition) is 1. The highest BCUT2D eigenvalue weighted by Crippen LogP contribution is 2.22. The summed E-state index contributed by atoms with van der Waals surface area (Å²) < 4.78 is 31.5. The van der Waals surface area contributed by atoms with Crippen molar-refractivity contribution in [3.8, 4) is 5.75 Å². The third-order valence-electron chi connectivity index (χ3n) is 2.20. The number of rotatable bonds is 6. The van der Waals surface area contributed by atoms with Crippen molar-refractivity contribution in [3.63, 3.8) is 0 Å². The highest BCUT2D eigenvalue weighted by atomic mass is 32.2. The molecule has 5 heteroatoms. The maximum Gasteiger partial charge on any atom is 0.244 e. The van der Waals surface area contributed by atoms with Crippen LogP contribution in [0.4, 0.5) is 0 Å². The van der Waals surface area contributed by atoms with Gasteiger partial charge < -0.3 is 4.74 Å². The molecule has 17 heavy (non-hydrogen) atoms. The molecule has 0 saturated heterocycles. The van der Waals surface area contributed by atoms with Crippen LogP contribution in [-0.4, -0.2) is 22.1 Å². The van der Waals surface area contributed by atoms with Gasteiger partial charge in [0.1, 0.15) is 10.6 Å². The second-order valence-corrected chi connectivity index (χ2v) is 5.14. The Morgan fingerprint density at radius 3 is 2.71 bits per heavy atom. The Morgan fingerprint density at radius 2 is 2.06 bits per heavy atom. The van der Waals surface area contributed by atoms with Gasteiger partial charge in [-0.05, 0) is 25.5 Å². The SMILES string of the molecule is C/C=C/CCNS(=O)(=O)c1ccccc1OC. The molecule has 4 nitrogen and oxygen atoms in total. The van der Waals surface area contributed by atoms with Crippen LogP contribution in [-0.2, 0) is 10.0 Å². The molecule has 0 aliphatic rings. The quantitative estimate of drug-likeness (QED) is 0.624. The first-order valence-corrected chi connectivity index (χ1v) is 6.84. The average molecular weight is 255 g/mol. The lowest BCUT2D eigenvalue weighted by atomic mass is 10.3. The fraction of sp³-hybridized carbons (Fsp3) is 0.333. The van der Waals surface area contributed by atoms with Gasteiger partial charge in [-0.3, -0.25) is 0 Å². The second kappa shape index (κ2) is 6.42. The van der Waals surface area contributed by atoms with Crippen molar-refractivity contribution >= 4 is 10.0 Å². The number of allylic oxidation sites excluding steroid dienone is 1. The van der Waals surface area contributed by atoms with E-state index in [0.717, 1.165) is 0 Å². The summed E-state index contributed by atoms with van der Waals surface area (Å²) in [5, 5.41) is 0. The van der Waals surface area contributed by atoms with Gasteiger partial charge in [0.2, 0.25) is 10.0 Å². The predicted octanol–water partition coefficient (Wildman–Crippen LogP) is 1.94. The minimum Gasteiger partial charge on any atom is -0.495 e. The Kier molecular flexibility index (Phi) is 5.18. The minimum atomic E-state index is -3.49. The van der Waals surface area contributed by atoms with E-state index in [1.807, 2.05) is 19.1 Å². The van der Waals surface area contributed by atoms with Crippen molar-refractivity contribution in [1.29, 1.82) is 0 Å². The first kappa shape index (κ1) is 13.7. The molecule has 0 spiro atoms. The first-order valence-electron chi connectivity index (χ1n) is 5.35. The molecule has 0 aliphatic heterocycles. The zero-order valence-corrected chi connectivity index (χ0v) is 10.8. The predicted molar refractivity (Wildman–Crippen MR) is 67.6 cm³/mol. The Morgan fingerprint density at radius 1 is 1.35 bits per heavy atom. The van der Waals surface area contributed by atoms with Crippen molar-refractivity contribution in [2.24, 2.45) is 0 Å². The summed E-state index contributed by atoms with van der Waals surface area (Å²) >= 11 is 0. The van der Waals surface area contributed by atoms with E-state index in [-0.39, 0.29) is 4.90 Å². The normalized spacial score (nSPS) is 11.9. The third-order valence-corrected chi connectivity index (χ3v) is 3.70. The van der Waals surface area contributed by atoms with E-state index in [2.05, 4.69) is 4.72 Å². The molecule has 0 bridgehead atoms. The van der Waals surface area contributed by atoms with E-state index in [1.165, 1.54) is 13.2 Å². The van der Waals surface area contributed by atoms with Crippen molar-refractivity contribution in [2.75, 3.05) is 13.7 Å². The molecule has 0 unspecified atom stereocenters. The Bertz CT molecular complexity index is 480. The Hall–Kier alpha value is -1.33. The molecule has 0 radical (unpaired) electrons. The lowest BCUT2D eigenvalue weighted by Crippen LogP contribution is -2.24. The molecule has 1 aromatic carbocycles. The molecule has 0 aliphatic carbocycles. The highest BCUT2D eigenvalue weighted by molar-refractivity contribution is 7.89. The van der Waals surface area contributed by atoms with Gasteiger partial charge in [-0.1, -0.05) is 24.3 Å².